The van der Waals surface area contributed by atoms with Gasteiger partial charge in [-0.1, -0.05) is 0 Å². The first-order valence-electron chi connectivity index (χ1n) is 11.4. The molecule has 1 aromatic carbocycles. The number of nitrogens with one attached hydrogen (secondary N) is 1. The number of fused-ring (bicyclic) bond motifs is 1. The number of likely N-dealkylation sites (tertiary alicyclic amines) is 1. The molecule has 0 saturated carbocycles. The maximum absolute atomic E-state index is 13.5. The van der Waals surface area contributed by atoms with Crippen LogP contribution in [0, 0.1) is 0 Å². The van der Waals surface area contributed by atoms with Crippen molar-refractivity contribution < 1.29 is 27.4 Å². The van der Waals surface area contributed by atoms with Gasteiger partial charge >= 0.3 is 6.18 Å². The van der Waals surface area contributed by atoms with Crippen molar-refractivity contribution in [2.45, 2.75) is 44.2 Å². The summed E-state index contributed by atoms with van der Waals surface area (Å²) in [6, 6.07) is 4.59. The van der Waals surface area contributed by atoms with Crippen molar-refractivity contribution in [3.63, 3.8) is 0 Å². The summed E-state index contributed by atoms with van der Waals surface area (Å²) in [6.07, 6.45) is 0.940. The summed E-state index contributed by atoms with van der Waals surface area (Å²) < 4.78 is 52.0. The molecule has 2 saturated heterocycles. The summed E-state index contributed by atoms with van der Waals surface area (Å²) in [5, 5.41) is 13.0. The lowest BCUT2D eigenvalue weighted by Gasteiger charge is -2.25. The smallest absolute Gasteiger partial charge is 0.416 e. The fraction of sp³-hybridized carbons (Fsp3) is 0.417. The Morgan fingerprint density at radius 1 is 1.14 bits per heavy atom. The molecule has 2 aliphatic heterocycles. The minimum absolute atomic E-state index is 0.0208. The van der Waals surface area contributed by atoms with Crippen LogP contribution in [0.4, 0.5) is 19.0 Å². The summed E-state index contributed by atoms with van der Waals surface area (Å²) >= 11 is 0. The van der Waals surface area contributed by atoms with Crippen LogP contribution in [0.5, 0.6) is 5.75 Å². The second-order valence-corrected chi connectivity index (χ2v) is 8.69. The number of nitrogens with zero attached hydrogens (tertiary/aromatic N) is 4. The lowest BCUT2D eigenvalue weighted by molar-refractivity contribution is -0.138. The summed E-state index contributed by atoms with van der Waals surface area (Å²) in [5.41, 5.74) is -0.116. The van der Waals surface area contributed by atoms with Crippen LogP contribution in [0.25, 0.3) is 22.0 Å². The Morgan fingerprint density at radius 3 is 2.71 bits per heavy atom. The molecule has 35 heavy (non-hydrogen) atoms. The largest absolute Gasteiger partial charge is 0.464 e. The third kappa shape index (κ3) is 4.72. The lowest BCUT2D eigenvalue weighted by atomic mass is 10.0. The van der Waals surface area contributed by atoms with Gasteiger partial charge in [0.1, 0.15) is 17.5 Å². The van der Waals surface area contributed by atoms with Crippen LogP contribution in [0.3, 0.4) is 0 Å². The molecule has 5 rings (SSSR count). The number of halogens is 3. The van der Waals surface area contributed by atoms with E-state index >= 15 is 0 Å². The van der Waals surface area contributed by atoms with E-state index in [4.69, 9.17) is 9.47 Å². The molecule has 0 radical (unpaired) electrons. The van der Waals surface area contributed by atoms with E-state index in [9.17, 15) is 18.0 Å². The van der Waals surface area contributed by atoms with E-state index in [0.29, 0.717) is 53.8 Å². The van der Waals surface area contributed by atoms with E-state index in [0.717, 1.165) is 25.0 Å². The number of benzene rings is 1. The molecule has 2 aliphatic rings. The number of aromatic nitrogens is 3. The van der Waals surface area contributed by atoms with Crippen molar-refractivity contribution in [3.8, 4) is 17.0 Å². The summed E-state index contributed by atoms with van der Waals surface area (Å²) in [6.45, 7) is 1.12. The predicted molar refractivity (Wildman–Crippen MR) is 122 cm³/mol. The molecule has 1 amide bonds. The quantitative estimate of drug-likeness (QED) is 0.575. The number of carbonyl (C=O) groups excluding carboxylic acids is 1. The molecule has 4 heterocycles. The van der Waals surface area contributed by atoms with E-state index in [2.05, 4.69) is 20.5 Å². The highest BCUT2D eigenvalue weighted by Crippen LogP contribution is 2.40. The molecular weight excluding hydrogens is 463 g/mol. The topological polar surface area (TPSA) is 89.5 Å². The van der Waals surface area contributed by atoms with Crippen LogP contribution in [0.15, 0.2) is 36.7 Å². The highest BCUT2D eigenvalue weighted by molar-refractivity contribution is 6.01. The fourth-order valence-corrected chi connectivity index (χ4v) is 4.36. The number of pyridine rings is 1. The highest BCUT2D eigenvalue weighted by Gasteiger charge is 2.33. The second-order valence-electron chi connectivity index (χ2n) is 8.69. The van der Waals surface area contributed by atoms with Gasteiger partial charge in [-0.15, -0.1) is 10.2 Å². The van der Waals surface area contributed by atoms with Gasteiger partial charge in [0, 0.05) is 48.7 Å². The maximum Gasteiger partial charge on any atom is 0.416 e. The number of likely N-dealkylation sites (N-methyl/N-ethyl adjacent to an activating group) is 1. The molecule has 2 aromatic heterocycles. The highest BCUT2D eigenvalue weighted by atomic mass is 19.4. The van der Waals surface area contributed by atoms with Crippen LogP contribution in [0.2, 0.25) is 0 Å². The van der Waals surface area contributed by atoms with Crippen molar-refractivity contribution in [3.05, 3.63) is 42.2 Å². The third-order valence-electron chi connectivity index (χ3n) is 6.28. The van der Waals surface area contributed by atoms with Gasteiger partial charge in [-0.2, -0.15) is 13.2 Å². The van der Waals surface area contributed by atoms with Crippen molar-refractivity contribution in [1.82, 2.24) is 20.1 Å². The third-order valence-corrected chi connectivity index (χ3v) is 6.28. The van der Waals surface area contributed by atoms with Gasteiger partial charge in [0.05, 0.1) is 12.2 Å². The second kappa shape index (κ2) is 9.29. The molecule has 1 N–H and O–H groups in total. The van der Waals surface area contributed by atoms with Crippen molar-refractivity contribution in [1.29, 1.82) is 0 Å². The Hall–Kier alpha value is -3.47. The predicted octanol–water partition coefficient (Wildman–Crippen LogP) is 4.26. The minimum Gasteiger partial charge on any atom is -0.464 e. The average molecular weight is 487 g/mol. The van der Waals surface area contributed by atoms with Crippen LogP contribution < -0.4 is 10.1 Å². The van der Waals surface area contributed by atoms with E-state index < -0.39 is 24.1 Å². The minimum atomic E-state index is -4.53. The molecule has 0 spiro atoms. The Kier molecular flexibility index (Phi) is 6.18. The van der Waals surface area contributed by atoms with Crippen molar-refractivity contribution in [2.24, 2.45) is 0 Å². The van der Waals surface area contributed by atoms with Gasteiger partial charge in [0.15, 0.2) is 12.1 Å². The van der Waals surface area contributed by atoms with Gasteiger partial charge < -0.3 is 19.7 Å². The standard InChI is InChI=1S/C24H24F3N5O3/c1-32-10-8-18(23(32)33)29-22-17-13-28-9-7-15(17)21(30-31-22)16-6-5-14(24(25,26)27)12-19(16)35-20-4-2-3-11-34-20/h5-7,9,12-13,18,20H,2-4,8,10-11H2,1H3,(H,29,31). The van der Waals surface area contributed by atoms with Crippen LogP contribution in [-0.2, 0) is 15.7 Å². The number of rotatable bonds is 5. The first-order valence-corrected chi connectivity index (χ1v) is 11.4. The first kappa shape index (κ1) is 23.3. The monoisotopic (exact) mass is 487 g/mol. The number of hydrogen-bond donors (Lipinski definition) is 1. The number of hydrogen-bond acceptors (Lipinski definition) is 7. The normalized spacial score (nSPS) is 20.9. The summed E-state index contributed by atoms with van der Waals surface area (Å²) in [5.74, 6) is 0.363. The zero-order chi connectivity index (χ0) is 24.6. The molecule has 3 aromatic rings. The summed E-state index contributed by atoms with van der Waals surface area (Å²) in [4.78, 5) is 18.2. The van der Waals surface area contributed by atoms with Gasteiger partial charge in [-0.3, -0.25) is 9.78 Å². The number of amides is 1. The van der Waals surface area contributed by atoms with E-state index in [1.807, 2.05) is 0 Å². The average Bonchev–Trinajstić information content (AvgIpc) is 3.17. The zero-order valence-electron chi connectivity index (χ0n) is 19.0. The van der Waals surface area contributed by atoms with E-state index in [1.54, 1.807) is 30.4 Å². The molecular formula is C24H24F3N5O3. The van der Waals surface area contributed by atoms with E-state index in [-0.39, 0.29) is 11.7 Å². The van der Waals surface area contributed by atoms with Crippen molar-refractivity contribution in [2.75, 3.05) is 25.5 Å². The Labute approximate surface area is 199 Å². The molecule has 2 fully saturated rings. The van der Waals surface area contributed by atoms with Gasteiger partial charge in [0.25, 0.3) is 0 Å². The SMILES string of the molecule is CN1CCC(Nc2nnc(-c3ccc(C(F)(F)F)cc3OC3CCCCO3)c3ccncc23)C1=O. The maximum atomic E-state index is 13.5. The molecule has 0 bridgehead atoms. The first-order chi connectivity index (χ1) is 16.8. The molecule has 2 atom stereocenters. The van der Waals surface area contributed by atoms with Crippen LogP contribution in [-0.4, -0.2) is 58.5 Å². The molecule has 8 nitrogen and oxygen atoms in total. The molecule has 2 unspecified atom stereocenters. The fourth-order valence-electron chi connectivity index (χ4n) is 4.36. The van der Waals surface area contributed by atoms with Crippen LogP contribution >= 0.6 is 0 Å². The number of alkyl halides is 3. The molecule has 0 aliphatic carbocycles. The van der Waals surface area contributed by atoms with Crippen LogP contribution in [0.1, 0.15) is 31.2 Å². The Balaban J connectivity index is 1.57. The number of ether oxygens (including phenoxy) is 2. The lowest BCUT2D eigenvalue weighted by Crippen LogP contribution is -2.31. The number of anilines is 1. The van der Waals surface area contributed by atoms with Crippen molar-refractivity contribution >= 4 is 22.5 Å². The Bertz CT molecular complexity index is 1250. The number of carbonyl (C=O) groups is 1. The molecule has 184 valence electrons. The van der Waals surface area contributed by atoms with Gasteiger partial charge in [-0.25, -0.2) is 0 Å². The van der Waals surface area contributed by atoms with Gasteiger partial charge in [-0.05, 0) is 43.5 Å². The van der Waals surface area contributed by atoms with E-state index in [1.165, 1.54) is 6.07 Å². The van der Waals surface area contributed by atoms with Gasteiger partial charge in [0.2, 0.25) is 5.91 Å². The zero-order valence-corrected chi connectivity index (χ0v) is 19.0. The summed E-state index contributed by atoms with van der Waals surface area (Å²) in [7, 11) is 1.74. The Morgan fingerprint density at radius 2 is 2.00 bits per heavy atom. The molecule has 11 heteroatoms.